The number of thioether (sulfide) groups is 1. The monoisotopic (exact) mass is 189 g/mol. The van der Waals surface area contributed by atoms with E-state index in [1.807, 2.05) is 18.7 Å². The number of hydrogen-bond acceptors (Lipinski definition) is 2. The lowest BCUT2D eigenvalue weighted by Crippen LogP contribution is -2.23. The van der Waals surface area contributed by atoms with Crippen LogP contribution >= 0.6 is 11.8 Å². The molecule has 0 fully saturated rings. The van der Waals surface area contributed by atoms with Gasteiger partial charge in [-0.3, -0.25) is 4.79 Å². The van der Waals surface area contributed by atoms with Crippen LogP contribution in [0.4, 0.5) is 0 Å². The Bertz CT molecular complexity index is 128. The van der Waals surface area contributed by atoms with E-state index in [1.165, 1.54) is 12.2 Å². The summed E-state index contributed by atoms with van der Waals surface area (Å²) in [5.41, 5.74) is 5.21. The highest BCUT2D eigenvalue weighted by Crippen LogP contribution is 2.12. The highest BCUT2D eigenvalue weighted by atomic mass is 32.2. The lowest BCUT2D eigenvalue weighted by molar-refractivity contribution is -0.121. The summed E-state index contributed by atoms with van der Waals surface area (Å²) in [4.78, 5) is 10.8. The van der Waals surface area contributed by atoms with Crippen LogP contribution in [0.2, 0.25) is 0 Å². The molecule has 0 bridgehead atoms. The van der Waals surface area contributed by atoms with Crippen LogP contribution < -0.4 is 5.73 Å². The van der Waals surface area contributed by atoms with Gasteiger partial charge in [0.2, 0.25) is 5.91 Å². The van der Waals surface area contributed by atoms with Crippen molar-refractivity contribution < 1.29 is 4.79 Å². The van der Waals surface area contributed by atoms with Crippen LogP contribution in [0.5, 0.6) is 0 Å². The van der Waals surface area contributed by atoms with Gasteiger partial charge in [0.15, 0.2) is 0 Å². The average Bonchev–Trinajstić information content (AvgIpc) is 2.04. The number of primary amides is 1. The molecule has 0 aliphatic rings. The highest BCUT2D eigenvalue weighted by molar-refractivity contribution is 7.99. The van der Waals surface area contributed by atoms with E-state index in [1.54, 1.807) is 0 Å². The first kappa shape index (κ1) is 11.8. The molecule has 0 saturated heterocycles. The zero-order valence-corrected chi connectivity index (χ0v) is 8.82. The summed E-state index contributed by atoms with van der Waals surface area (Å²) in [5, 5.41) is 0. The van der Waals surface area contributed by atoms with Crippen LogP contribution in [0.1, 0.15) is 33.1 Å². The smallest absolute Gasteiger partial charge is 0.220 e. The van der Waals surface area contributed by atoms with Gasteiger partial charge < -0.3 is 5.73 Å². The molecule has 0 aromatic heterocycles. The first-order valence-electron chi connectivity index (χ1n) is 4.59. The fraction of sp³-hybridized carbons (Fsp3) is 0.889. The second-order valence-electron chi connectivity index (χ2n) is 2.91. The first-order valence-corrected chi connectivity index (χ1v) is 5.74. The van der Waals surface area contributed by atoms with Gasteiger partial charge >= 0.3 is 0 Å². The minimum Gasteiger partial charge on any atom is -0.369 e. The van der Waals surface area contributed by atoms with E-state index < -0.39 is 0 Å². The molecule has 3 heteroatoms. The summed E-state index contributed by atoms with van der Waals surface area (Å²) in [6.45, 7) is 4.18. The SMILES string of the molecule is CCCSCC[C@@H](CC)C(N)=O. The van der Waals surface area contributed by atoms with Crippen molar-refractivity contribution >= 4 is 17.7 Å². The summed E-state index contributed by atoms with van der Waals surface area (Å²) in [6, 6.07) is 0. The molecule has 0 radical (unpaired) electrons. The van der Waals surface area contributed by atoms with Crippen molar-refractivity contribution in [1.29, 1.82) is 0 Å². The second kappa shape index (κ2) is 7.47. The van der Waals surface area contributed by atoms with Gasteiger partial charge in [-0.15, -0.1) is 0 Å². The van der Waals surface area contributed by atoms with Gasteiger partial charge in [-0.25, -0.2) is 0 Å². The molecule has 0 spiro atoms. The van der Waals surface area contributed by atoms with Gasteiger partial charge in [0.1, 0.15) is 0 Å². The molecule has 1 amide bonds. The topological polar surface area (TPSA) is 43.1 Å². The Kier molecular flexibility index (Phi) is 7.36. The Morgan fingerprint density at radius 3 is 2.50 bits per heavy atom. The first-order chi connectivity index (χ1) is 5.72. The van der Waals surface area contributed by atoms with E-state index in [9.17, 15) is 4.79 Å². The van der Waals surface area contributed by atoms with E-state index in [-0.39, 0.29) is 11.8 Å². The minimum atomic E-state index is -0.144. The van der Waals surface area contributed by atoms with Crippen LogP contribution in [0.25, 0.3) is 0 Å². The Morgan fingerprint density at radius 2 is 2.08 bits per heavy atom. The lowest BCUT2D eigenvalue weighted by Gasteiger charge is -2.09. The van der Waals surface area contributed by atoms with E-state index in [0.717, 1.165) is 18.6 Å². The largest absolute Gasteiger partial charge is 0.369 e. The number of hydrogen-bond donors (Lipinski definition) is 1. The van der Waals surface area contributed by atoms with Crippen LogP contribution in [-0.2, 0) is 4.79 Å². The third-order valence-corrected chi connectivity index (χ3v) is 3.08. The van der Waals surface area contributed by atoms with E-state index in [2.05, 4.69) is 6.92 Å². The molecule has 72 valence electrons. The summed E-state index contributed by atoms with van der Waals surface area (Å²) in [6.07, 6.45) is 3.02. The van der Waals surface area contributed by atoms with Crippen molar-refractivity contribution in [3.63, 3.8) is 0 Å². The number of carbonyl (C=O) groups is 1. The molecule has 0 aliphatic carbocycles. The summed E-state index contributed by atoms with van der Waals surface area (Å²) < 4.78 is 0. The number of carbonyl (C=O) groups excluding carboxylic acids is 1. The van der Waals surface area contributed by atoms with Gasteiger partial charge in [0.25, 0.3) is 0 Å². The van der Waals surface area contributed by atoms with Crippen molar-refractivity contribution in [2.75, 3.05) is 11.5 Å². The van der Waals surface area contributed by atoms with Crippen molar-refractivity contribution in [2.24, 2.45) is 11.7 Å². The number of nitrogens with two attached hydrogens (primary N) is 1. The number of amides is 1. The van der Waals surface area contributed by atoms with Gasteiger partial charge in [-0.2, -0.15) is 11.8 Å². The molecule has 0 aliphatic heterocycles. The summed E-state index contributed by atoms with van der Waals surface area (Å²) in [7, 11) is 0. The summed E-state index contributed by atoms with van der Waals surface area (Å²) in [5.74, 6) is 2.20. The fourth-order valence-electron chi connectivity index (χ4n) is 1.02. The van der Waals surface area contributed by atoms with Crippen LogP contribution in [-0.4, -0.2) is 17.4 Å². The second-order valence-corrected chi connectivity index (χ2v) is 4.13. The Labute approximate surface area is 79.3 Å². The Morgan fingerprint density at radius 1 is 1.42 bits per heavy atom. The van der Waals surface area contributed by atoms with E-state index in [4.69, 9.17) is 5.73 Å². The van der Waals surface area contributed by atoms with E-state index in [0.29, 0.717) is 0 Å². The van der Waals surface area contributed by atoms with Gasteiger partial charge in [0, 0.05) is 5.92 Å². The molecule has 0 unspecified atom stereocenters. The molecule has 2 nitrogen and oxygen atoms in total. The van der Waals surface area contributed by atoms with Crippen molar-refractivity contribution in [2.45, 2.75) is 33.1 Å². The van der Waals surface area contributed by atoms with Gasteiger partial charge in [0.05, 0.1) is 0 Å². The van der Waals surface area contributed by atoms with Crippen molar-refractivity contribution in [3.8, 4) is 0 Å². The van der Waals surface area contributed by atoms with Gasteiger partial charge in [-0.05, 0) is 30.8 Å². The van der Waals surface area contributed by atoms with Crippen LogP contribution in [0.15, 0.2) is 0 Å². The van der Waals surface area contributed by atoms with Crippen molar-refractivity contribution in [1.82, 2.24) is 0 Å². The minimum absolute atomic E-state index is 0.0920. The predicted octanol–water partition coefficient (Wildman–Crippen LogP) is 2.03. The number of rotatable bonds is 7. The third-order valence-electron chi connectivity index (χ3n) is 1.85. The summed E-state index contributed by atoms with van der Waals surface area (Å²) >= 11 is 1.91. The molecular formula is C9H19NOS. The zero-order valence-electron chi connectivity index (χ0n) is 8.01. The molecule has 12 heavy (non-hydrogen) atoms. The average molecular weight is 189 g/mol. The molecular weight excluding hydrogens is 170 g/mol. The molecule has 0 aromatic rings. The normalized spacial score (nSPS) is 12.8. The molecule has 2 N–H and O–H groups in total. The fourth-order valence-corrected chi connectivity index (χ4v) is 1.96. The Hall–Kier alpha value is -0.180. The molecule has 1 atom stereocenters. The maximum Gasteiger partial charge on any atom is 0.220 e. The lowest BCUT2D eigenvalue weighted by atomic mass is 10.0. The van der Waals surface area contributed by atoms with Crippen LogP contribution in [0.3, 0.4) is 0 Å². The van der Waals surface area contributed by atoms with Crippen molar-refractivity contribution in [3.05, 3.63) is 0 Å². The highest BCUT2D eigenvalue weighted by Gasteiger charge is 2.11. The van der Waals surface area contributed by atoms with E-state index >= 15 is 0 Å². The maximum atomic E-state index is 10.8. The third kappa shape index (κ3) is 5.47. The standard InChI is InChI=1S/C9H19NOS/c1-3-6-12-7-5-8(4-2)9(10)11/h8H,3-7H2,1-2H3,(H2,10,11)/t8-/m1/s1. The maximum absolute atomic E-state index is 10.8. The van der Waals surface area contributed by atoms with Gasteiger partial charge in [-0.1, -0.05) is 13.8 Å². The molecule has 0 saturated carbocycles. The predicted molar refractivity (Wildman–Crippen MR) is 55.2 cm³/mol. The quantitative estimate of drug-likeness (QED) is 0.623. The van der Waals surface area contributed by atoms with Crippen LogP contribution in [0, 0.1) is 5.92 Å². The molecule has 0 rings (SSSR count). The molecule has 0 aromatic carbocycles. The zero-order chi connectivity index (χ0) is 9.40. The Balaban J connectivity index is 3.38. The molecule has 0 heterocycles.